The Morgan fingerprint density at radius 2 is 0.750 bits per heavy atom. The van der Waals surface area contributed by atoms with Gasteiger partial charge in [0.15, 0.2) is 0 Å². The van der Waals surface area contributed by atoms with Gasteiger partial charge in [-0.05, 0) is 25.7 Å². The number of oxime groups is 1. The summed E-state index contributed by atoms with van der Waals surface area (Å²) in [7, 11) is 0. The van der Waals surface area contributed by atoms with Gasteiger partial charge in [0.2, 0.25) is 17.7 Å². The molecule has 566 valence electrons. The molecule has 9 aliphatic heterocycles. The van der Waals surface area contributed by atoms with Crippen LogP contribution in [0.5, 0.6) is 0 Å². The number of hydrogen-bond donors (Lipinski definition) is 10. The van der Waals surface area contributed by atoms with E-state index < -0.39 is 6.03 Å². The Bertz CT molecular complexity index is 1200. The van der Waals surface area contributed by atoms with Crippen LogP contribution in [0.2, 0.25) is 0 Å². The molecule has 0 unspecified atom stereocenters. The number of imide groups is 3. The Hall–Kier alpha value is -5.92. The number of hydrogen-bond acceptors (Lipinski definition) is 17. The lowest BCUT2D eigenvalue weighted by atomic mass is 10.3. The standard InChI is InChI=1S/C4H7NO2.C4H5NO2.C4H3NO2.C4H7NO.C3H4N2O2.C3H6N2O.C3H5NO2.2C3H7NO.18C2H6/c6-4-5-2-1-3-7-4;2*6-3-1-2-4(7)5-3;1-2-4-6-5-3-1;6-2-1-4-3(7)5-2;6-3-4-1-2-5-3;5-3-4-1-2-6-3;1-2-5-3-4-1;1-2-4-5-3-1;18*1-2/h1-3H2,(H,5,6);1-2H2,(H,5,6,7);1-2H,(H,5,6,7);3H,1-2,4H2;1H2,(H2,4,5,6,7);1-2H2,(H2,4,5,6);1-2H2,(H,4,5);2*4H,1-3H2;18*1-2H3. The normalized spacial score (nSPS) is 13.5. The lowest BCUT2D eigenvalue weighted by molar-refractivity contribution is -0.125. The maximum atomic E-state index is 10.1. The third kappa shape index (κ3) is 166. The van der Waals surface area contributed by atoms with Gasteiger partial charge in [-0.15, -0.1) is 0 Å². The fourth-order valence-corrected chi connectivity index (χ4v) is 3.60. The molecule has 7 fully saturated rings. The number of carbonyl (C=O) groups is 9. The van der Waals surface area contributed by atoms with Crippen molar-refractivity contribution in [2.45, 2.75) is 288 Å². The Balaban J connectivity index is -0.0000000395. The van der Waals surface area contributed by atoms with E-state index in [0.29, 0.717) is 32.6 Å². The number of rotatable bonds is 0. The molecule has 9 aliphatic rings. The molecule has 0 bridgehead atoms. The van der Waals surface area contributed by atoms with E-state index in [1.807, 2.05) is 260 Å². The van der Waals surface area contributed by atoms with Crippen molar-refractivity contribution in [1.82, 2.24) is 53.3 Å². The number of hydroxylamine groups is 1. The third-order valence-corrected chi connectivity index (χ3v) is 6.25. The zero-order valence-corrected chi connectivity index (χ0v) is 66.8. The van der Waals surface area contributed by atoms with E-state index in [1.54, 1.807) is 6.21 Å². The number of carbonyl (C=O) groups excluding carboxylic acids is 9. The molecule has 7 saturated heterocycles. The molecule has 0 aromatic heterocycles. The molecule has 0 spiro atoms. The van der Waals surface area contributed by atoms with E-state index in [2.05, 4.69) is 62.2 Å². The van der Waals surface area contributed by atoms with Gasteiger partial charge in [-0.25, -0.2) is 24.7 Å². The van der Waals surface area contributed by atoms with Gasteiger partial charge in [-0.3, -0.25) is 45.2 Å². The van der Waals surface area contributed by atoms with Crippen molar-refractivity contribution in [2.24, 2.45) is 5.16 Å². The molecular formula is C67H159N11O14. The van der Waals surface area contributed by atoms with Crippen LogP contribution in [0.15, 0.2) is 17.3 Å². The molecular weight excluding hydrogens is 1180 g/mol. The number of amides is 11. The lowest BCUT2D eigenvalue weighted by Gasteiger charge is -2.10. The van der Waals surface area contributed by atoms with Gasteiger partial charge >= 0.3 is 24.2 Å². The fraction of sp³-hybridized carbons (Fsp3) is 0.821. The SMILES string of the molecule is C1=NOCCC1.C1CNOC1.C1COCN1.CC.CC.CC.CC.CC.CC.CC.CC.CC.CC.CC.CC.CC.CC.CC.CC.CC.CC.O=C1C=CC(=O)N1.O=C1CCC(=O)N1.O=C1CNC(=O)N1.O=C1NCCCO1.O=C1NCCN1.O=C1NCCO1. The van der Waals surface area contributed by atoms with Crippen molar-refractivity contribution in [2.75, 3.05) is 85.6 Å². The summed E-state index contributed by atoms with van der Waals surface area (Å²) in [5.41, 5.74) is 2.72. The first-order valence-corrected chi connectivity index (χ1v) is 35.6. The molecule has 11 amide bonds. The van der Waals surface area contributed by atoms with Gasteiger partial charge in [0.1, 0.15) is 13.2 Å². The highest BCUT2D eigenvalue weighted by atomic mass is 16.7. The summed E-state index contributed by atoms with van der Waals surface area (Å²) in [6.07, 6.45) is 8.67. The van der Waals surface area contributed by atoms with Crippen molar-refractivity contribution in [3.05, 3.63) is 12.2 Å². The second-order valence-corrected chi connectivity index (χ2v) is 11.0. The summed E-state index contributed by atoms with van der Waals surface area (Å²) in [6.45, 7) is 81.6. The van der Waals surface area contributed by atoms with Gasteiger partial charge in [-0.2, -0.15) is 0 Å². The number of nitrogens with zero attached hydrogens (tertiary/aromatic N) is 1. The van der Waals surface area contributed by atoms with Crippen LogP contribution in [-0.2, 0) is 47.9 Å². The van der Waals surface area contributed by atoms with Gasteiger partial charge in [0.25, 0.3) is 11.8 Å². The molecule has 25 nitrogen and oxygen atoms in total. The smallest absolute Gasteiger partial charge is 0.407 e. The molecule has 25 heteroatoms. The summed E-state index contributed by atoms with van der Waals surface area (Å²) in [4.78, 5) is 99.8. The monoisotopic (exact) mass is 1340 g/mol. The highest BCUT2D eigenvalue weighted by molar-refractivity contribution is 6.12. The number of nitrogens with one attached hydrogen (secondary N) is 10. The first kappa shape index (κ1) is 134. The predicted molar refractivity (Wildman–Crippen MR) is 396 cm³/mol. The van der Waals surface area contributed by atoms with Crippen LogP contribution in [0, 0.1) is 0 Å². The third-order valence-electron chi connectivity index (χ3n) is 6.25. The summed E-state index contributed by atoms with van der Waals surface area (Å²) in [5, 5.41) is 25.1. The average Bonchev–Trinajstić information content (AvgIpc) is 4.70. The van der Waals surface area contributed by atoms with E-state index in [0.717, 1.165) is 78.5 Å². The lowest BCUT2D eigenvalue weighted by Crippen LogP contribution is -2.31. The van der Waals surface area contributed by atoms with Gasteiger partial charge in [-0.1, -0.05) is 254 Å². The molecule has 92 heavy (non-hydrogen) atoms. The van der Waals surface area contributed by atoms with Gasteiger partial charge in [0, 0.05) is 63.9 Å². The maximum Gasteiger partial charge on any atom is 0.407 e. The van der Waals surface area contributed by atoms with Crippen molar-refractivity contribution in [1.29, 1.82) is 0 Å². The zero-order chi connectivity index (χ0) is 77.1. The van der Waals surface area contributed by atoms with Crippen LogP contribution in [-0.4, -0.2) is 146 Å². The first-order chi connectivity index (χ1) is 45.0. The molecule has 0 saturated carbocycles. The number of alkyl carbamates (subject to hydrolysis) is 2. The molecule has 0 aromatic rings. The fourth-order valence-electron chi connectivity index (χ4n) is 3.60. The number of ether oxygens (including phenoxy) is 3. The molecule has 10 N–H and O–H groups in total. The quantitative estimate of drug-likeness (QED) is 0.0796. The van der Waals surface area contributed by atoms with E-state index in [4.69, 9.17) is 9.57 Å². The van der Waals surface area contributed by atoms with E-state index in [9.17, 15) is 43.2 Å². The van der Waals surface area contributed by atoms with Crippen molar-refractivity contribution < 1.29 is 67.0 Å². The largest absolute Gasteiger partial charge is 0.449 e. The maximum absolute atomic E-state index is 10.1. The Morgan fingerprint density at radius 3 is 0.859 bits per heavy atom. The van der Waals surface area contributed by atoms with Crippen LogP contribution in [0.25, 0.3) is 0 Å². The molecule has 0 radical (unpaired) electrons. The summed E-state index contributed by atoms with van der Waals surface area (Å²) in [6, 6.07) is -0.444. The van der Waals surface area contributed by atoms with Gasteiger partial charge in [0.05, 0.1) is 39.6 Å². The Labute approximate surface area is 569 Å². The van der Waals surface area contributed by atoms with Gasteiger partial charge < -0.3 is 50.5 Å². The molecule has 9 rings (SSSR count). The topological polar surface area (TPSA) is 332 Å². The van der Waals surface area contributed by atoms with Crippen molar-refractivity contribution in [3.63, 3.8) is 0 Å². The minimum Gasteiger partial charge on any atom is -0.449 e. The molecule has 0 aliphatic carbocycles. The van der Waals surface area contributed by atoms with Crippen LogP contribution in [0.3, 0.4) is 0 Å². The van der Waals surface area contributed by atoms with Crippen molar-refractivity contribution >= 4 is 60.0 Å². The second kappa shape index (κ2) is 172. The molecule has 0 aromatic carbocycles. The van der Waals surface area contributed by atoms with Crippen LogP contribution >= 0.6 is 0 Å². The van der Waals surface area contributed by atoms with E-state index in [1.165, 1.54) is 18.6 Å². The van der Waals surface area contributed by atoms with Crippen LogP contribution in [0.1, 0.15) is 288 Å². The second-order valence-electron chi connectivity index (χ2n) is 11.0. The van der Waals surface area contributed by atoms with E-state index >= 15 is 0 Å². The highest BCUT2D eigenvalue weighted by Gasteiger charge is 2.16. The van der Waals surface area contributed by atoms with Crippen LogP contribution in [0.4, 0.5) is 19.2 Å². The summed E-state index contributed by atoms with van der Waals surface area (Å²) < 4.78 is 13.8. The number of urea groups is 2. The first-order valence-electron chi connectivity index (χ1n) is 35.6. The zero-order valence-electron chi connectivity index (χ0n) is 66.8. The average molecular weight is 1340 g/mol. The van der Waals surface area contributed by atoms with E-state index in [-0.39, 0.29) is 54.3 Å². The Morgan fingerprint density at radius 1 is 0.348 bits per heavy atom. The summed E-state index contributed by atoms with van der Waals surface area (Å²) in [5.74, 6) is -1.21. The highest BCUT2D eigenvalue weighted by Crippen LogP contribution is 1.96. The predicted octanol–water partition coefficient (Wildman–Crippen LogP) is 15.3. The minimum absolute atomic E-state index is 0.0463. The van der Waals surface area contributed by atoms with Crippen molar-refractivity contribution in [3.8, 4) is 0 Å². The van der Waals surface area contributed by atoms with Crippen LogP contribution < -0.4 is 53.3 Å². The number of cyclic esters (lactones) is 2. The summed E-state index contributed by atoms with van der Waals surface area (Å²) >= 11 is 0. The molecule has 9 heterocycles. The Kier molecular flexibility index (Phi) is 252. The minimum atomic E-state index is -0.398. The molecule has 0 atom stereocenters.